The number of nitrogens with zero attached hydrogens (tertiary/aromatic N) is 4. The maximum absolute atomic E-state index is 13.7. The van der Waals surface area contributed by atoms with Gasteiger partial charge in [-0.05, 0) is 68.0 Å². The van der Waals surface area contributed by atoms with Crippen LogP contribution in [0.25, 0.3) is 22.5 Å². The Balaban J connectivity index is 1.36. The minimum atomic E-state index is -0.258. The number of hydrogen-bond donors (Lipinski definition) is 1. The molecule has 6 nitrogen and oxygen atoms in total. The number of aromatic nitrogens is 3. The maximum Gasteiger partial charge on any atom is 0.168 e. The summed E-state index contributed by atoms with van der Waals surface area (Å²) in [5.74, 6) is 0.605. The average molecular weight is 546 g/mol. The molecule has 8 heteroatoms. The number of piperidine rings is 1. The molecule has 0 radical (unpaired) electrons. The van der Waals surface area contributed by atoms with Crippen LogP contribution in [0.2, 0.25) is 0 Å². The molecule has 1 aliphatic heterocycles. The molecular formula is C31H36FN5OS. The number of halogens is 1. The van der Waals surface area contributed by atoms with Gasteiger partial charge in [0.1, 0.15) is 11.6 Å². The Morgan fingerprint density at radius 2 is 1.79 bits per heavy atom. The standard InChI is InChI=1S/C31H36FN5OS/c1-3-38-20-19-37-30(29(35-31(37)39-2)24-9-11-26(32)12-10-24)25-13-16-33-28(21-25)34-27-14-17-36(18-15-27)22-23-7-5-4-6-8-23/h4-13,16,21,27H,3,14-15,17-20,22H2,1-2H3,(H,33,34). The molecule has 0 saturated carbocycles. The fourth-order valence-electron chi connectivity index (χ4n) is 5.14. The fraction of sp³-hybridized carbons (Fsp3) is 0.355. The zero-order chi connectivity index (χ0) is 27.0. The van der Waals surface area contributed by atoms with E-state index in [9.17, 15) is 4.39 Å². The van der Waals surface area contributed by atoms with Gasteiger partial charge in [0.15, 0.2) is 5.16 Å². The molecule has 0 aliphatic carbocycles. The Kier molecular flexibility index (Phi) is 9.29. The highest BCUT2D eigenvalue weighted by atomic mass is 32.2. The highest BCUT2D eigenvalue weighted by molar-refractivity contribution is 7.98. The third-order valence-corrected chi connectivity index (χ3v) is 7.79. The summed E-state index contributed by atoms with van der Waals surface area (Å²) in [6, 6.07) is 21.7. The first kappa shape index (κ1) is 27.4. The summed E-state index contributed by atoms with van der Waals surface area (Å²) < 4.78 is 21.6. The molecule has 0 unspecified atom stereocenters. The number of pyridine rings is 1. The molecule has 4 aromatic rings. The van der Waals surface area contributed by atoms with Crippen molar-refractivity contribution in [3.8, 4) is 22.5 Å². The van der Waals surface area contributed by atoms with Crippen molar-refractivity contribution in [1.29, 1.82) is 0 Å². The molecular weight excluding hydrogens is 509 g/mol. The van der Waals surface area contributed by atoms with Crippen molar-refractivity contribution in [2.75, 3.05) is 37.9 Å². The molecule has 1 fully saturated rings. The van der Waals surface area contributed by atoms with Crippen LogP contribution in [0.1, 0.15) is 25.3 Å². The van der Waals surface area contributed by atoms with E-state index in [4.69, 9.17) is 9.72 Å². The first-order valence-corrected chi connectivity index (χ1v) is 14.8. The summed E-state index contributed by atoms with van der Waals surface area (Å²) in [6.07, 6.45) is 6.03. The summed E-state index contributed by atoms with van der Waals surface area (Å²) in [7, 11) is 0. The second kappa shape index (κ2) is 13.2. The Morgan fingerprint density at radius 1 is 1.03 bits per heavy atom. The average Bonchev–Trinajstić information content (AvgIpc) is 3.34. The maximum atomic E-state index is 13.7. The summed E-state index contributed by atoms with van der Waals surface area (Å²) >= 11 is 1.60. The quantitative estimate of drug-likeness (QED) is 0.170. The first-order valence-electron chi connectivity index (χ1n) is 13.6. The van der Waals surface area contributed by atoms with E-state index in [1.54, 1.807) is 23.9 Å². The van der Waals surface area contributed by atoms with Crippen LogP contribution in [0, 0.1) is 5.82 Å². The zero-order valence-corrected chi connectivity index (χ0v) is 23.5. The second-order valence-corrected chi connectivity index (χ2v) is 10.5. The van der Waals surface area contributed by atoms with Gasteiger partial charge >= 0.3 is 0 Å². The van der Waals surface area contributed by atoms with E-state index in [2.05, 4.69) is 56.2 Å². The number of nitrogens with one attached hydrogen (secondary N) is 1. The Bertz CT molecular complexity index is 1340. The Morgan fingerprint density at radius 3 is 2.51 bits per heavy atom. The second-order valence-electron chi connectivity index (χ2n) is 9.76. The number of anilines is 1. The lowest BCUT2D eigenvalue weighted by molar-refractivity contribution is 0.137. The van der Waals surface area contributed by atoms with Crippen molar-refractivity contribution in [3.63, 3.8) is 0 Å². The van der Waals surface area contributed by atoms with Crippen molar-refractivity contribution < 1.29 is 9.13 Å². The predicted molar refractivity (Wildman–Crippen MR) is 157 cm³/mol. The number of thioether (sulfide) groups is 1. The zero-order valence-electron chi connectivity index (χ0n) is 22.6. The van der Waals surface area contributed by atoms with Crippen LogP contribution in [0.15, 0.2) is 78.1 Å². The van der Waals surface area contributed by atoms with Gasteiger partial charge in [0.25, 0.3) is 0 Å². The van der Waals surface area contributed by atoms with Crippen molar-refractivity contribution >= 4 is 17.6 Å². The van der Waals surface area contributed by atoms with E-state index in [0.29, 0.717) is 25.8 Å². The van der Waals surface area contributed by atoms with Gasteiger partial charge in [-0.3, -0.25) is 4.90 Å². The third-order valence-electron chi connectivity index (χ3n) is 7.12. The lowest BCUT2D eigenvalue weighted by atomic mass is 10.0. The molecule has 0 amide bonds. The minimum absolute atomic E-state index is 0.258. The number of benzene rings is 2. The molecule has 2 aromatic heterocycles. The molecule has 1 saturated heterocycles. The summed E-state index contributed by atoms with van der Waals surface area (Å²) in [5, 5.41) is 4.59. The van der Waals surface area contributed by atoms with Crippen LogP contribution in [0.4, 0.5) is 10.2 Å². The lowest BCUT2D eigenvalue weighted by Gasteiger charge is -2.32. The summed E-state index contributed by atoms with van der Waals surface area (Å²) in [4.78, 5) is 12.2. The van der Waals surface area contributed by atoms with E-state index in [0.717, 1.165) is 66.0 Å². The lowest BCUT2D eigenvalue weighted by Crippen LogP contribution is -2.38. The van der Waals surface area contributed by atoms with Crippen molar-refractivity contribution in [1.82, 2.24) is 19.4 Å². The van der Waals surface area contributed by atoms with Gasteiger partial charge in [0, 0.05) is 56.2 Å². The molecule has 5 rings (SSSR count). The van der Waals surface area contributed by atoms with Crippen LogP contribution in [-0.4, -0.2) is 58.0 Å². The van der Waals surface area contributed by atoms with Crippen LogP contribution >= 0.6 is 11.8 Å². The van der Waals surface area contributed by atoms with Crippen molar-refractivity contribution in [2.45, 2.75) is 44.1 Å². The van der Waals surface area contributed by atoms with E-state index < -0.39 is 0 Å². The van der Waals surface area contributed by atoms with Gasteiger partial charge in [-0.15, -0.1) is 0 Å². The number of likely N-dealkylation sites (tertiary alicyclic amines) is 1. The molecule has 0 atom stereocenters. The Labute approximate surface area is 234 Å². The molecule has 1 N–H and O–H groups in total. The third kappa shape index (κ3) is 6.87. The smallest absolute Gasteiger partial charge is 0.168 e. The van der Waals surface area contributed by atoms with Crippen molar-refractivity contribution in [3.05, 3.63) is 84.3 Å². The monoisotopic (exact) mass is 545 g/mol. The normalized spacial score (nSPS) is 14.5. The van der Waals surface area contributed by atoms with Gasteiger partial charge in [-0.25, -0.2) is 14.4 Å². The van der Waals surface area contributed by atoms with E-state index >= 15 is 0 Å². The van der Waals surface area contributed by atoms with Crippen LogP contribution in [0.3, 0.4) is 0 Å². The van der Waals surface area contributed by atoms with Gasteiger partial charge in [-0.1, -0.05) is 42.1 Å². The van der Waals surface area contributed by atoms with Crippen LogP contribution < -0.4 is 5.32 Å². The van der Waals surface area contributed by atoms with Crippen LogP contribution in [0.5, 0.6) is 0 Å². The fourth-order valence-corrected chi connectivity index (χ4v) is 5.73. The SMILES string of the molecule is CCOCCn1c(SC)nc(-c2ccc(F)cc2)c1-c1ccnc(NC2CCN(Cc3ccccc3)CC2)c1. The van der Waals surface area contributed by atoms with Gasteiger partial charge in [0.05, 0.1) is 18.0 Å². The van der Waals surface area contributed by atoms with E-state index in [1.165, 1.54) is 17.7 Å². The molecule has 1 aliphatic rings. The van der Waals surface area contributed by atoms with Crippen LogP contribution in [-0.2, 0) is 17.8 Å². The Hall–Kier alpha value is -3.20. The molecule has 0 bridgehead atoms. The largest absolute Gasteiger partial charge is 0.380 e. The number of imidazole rings is 1. The topological polar surface area (TPSA) is 55.2 Å². The van der Waals surface area contributed by atoms with Gasteiger partial charge < -0.3 is 14.6 Å². The number of hydrogen-bond acceptors (Lipinski definition) is 6. The highest BCUT2D eigenvalue weighted by Crippen LogP contribution is 2.36. The van der Waals surface area contributed by atoms with E-state index in [1.807, 2.05) is 25.4 Å². The minimum Gasteiger partial charge on any atom is -0.380 e. The number of rotatable bonds is 11. The molecule has 39 heavy (non-hydrogen) atoms. The summed E-state index contributed by atoms with van der Waals surface area (Å²) in [5.41, 5.74) is 5.10. The summed E-state index contributed by atoms with van der Waals surface area (Å²) in [6.45, 7) is 7.05. The van der Waals surface area contributed by atoms with E-state index in [-0.39, 0.29) is 5.82 Å². The van der Waals surface area contributed by atoms with Crippen molar-refractivity contribution in [2.24, 2.45) is 0 Å². The first-order chi connectivity index (χ1) is 19.1. The molecule has 0 spiro atoms. The van der Waals surface area contributed by atoms with Gasteiger partial charge in [0.2, 0.25) is 0 Å². The van der Waals surface area contributed by atoms with Gasteiger partial charge in [-0.2, -0.15) is 0 Å². The number of ether oxygens (including phenoxy) is 1. The highest BCUT2D eigenvalue weighted by Gasteiger charge is 2.22. The predicted octanol–water partition coefficient (Wildman–Crippen LogP) is 6.59. The molecule has 3 heterocycles. The molecule has 204 valence electrons. The molecule has 2 aromatic carbocycles.